The molecule has 0 heterocycles. The number of alkyl halides is 3. The first-order valence-electron chi connectivity index (χ1n) is 4.60. The Morgan fingerprint density at radius 3 is 2.24 bits per heavy atom. The second-order valence-corrected chi connectivity index (χ2v) is 2.98. The van der Waals surface area contributed by atoms with Crippen LogP contribution in [0.15, 0.2) is 24.3 Å². The lowest BCUT2D eigenvalue weighted by Crippen LogP contribution is -2.24. The van der Waals surface area contributed by atoms with Crippen molar-refractivity contribution in [3.8, 4) is 11.5 Å². The van der Waals surface area contributed by atoms with Gasteiger partial charge in [0.25, 0.3) is 5.91 Å². The van der Waals surface area contributed by atoms with Crippen LogP contribution in [0.1, 0.15) is 0 Å². The molecule has 1 N–H and O–H groups in total. The van der Waals surface area contributed by atoms with Gasteiger partial charge in [0.2, 0.25) is 0 Å². The van der Waals surface area contributed by atoms with Gasteiger partial charge in [-0.15, -0.1) is 13.2 Å². The van der Waals surface area contributed by atoms with E-state index in [4.69, 9.17) is 4.74 Å². The van der Waals surface area contributed by atoms with Gasteiger partial charge < -0.3 is 14.8 Å². The molecule has 0 saturated heterocycles. The number of carbonyl (C=O) groups is 1. The van der Waals surface area contributed by atoms with Gasteiger partial charge in [0.1, 0.15) is 11.5 Å². The molecule has 1 amide bonds. The quantitative estimate of drug-likeness (QED) is 0.883. The van der Waals surface area contributed by atoms with E-state index in [1.165, 1.54) is 19.2 Å². The summed E-state index contributed by atoms with van der Waals surface area (Å²) in [5, 5.41) is 2.34. The van der Waals surface area contributed by atoms with Crippen LogP contribution in [0, 0.1) is 0 Å². The van der Waals surface area contributed by atoms with Gasteiger partial charge in [0.15, 0.2) is 6.61 Å². The highest BCUT2D eigenvalue weighted by atomic mass is 19.4. The monoisotopic (exact) mass is 249 g/mol. The number of nitrogens with one attached hydrogen (secondary N) is 1. The summed E-state index contributed by atoms with van der Waals surface area (Å²) >= 11 is 0. The van der Waals surface area contributed by atoms with Crippen LogP contribution in [0.25, 0.3) is 0 Å². The molecule has 0 unspecified atom stereocenters. The summed E-state index contributed by atoms with van der Waals surface area (Å²) in [4.78, 5) is 10.8. The van der Waals surface area contributed by atoms with Crippen molar-refractivity contribution in [2.75, 3.05) is 13.7 Å². The molecule has 4 nitrogen and oxygen atoms in total. The van der Waals surface area contributed by atoms with Crippen molar-refractivity contribution in [3.05, 3.63) is 24.3 Å². The lowest BCUT2D eigenvalue weighted by Gasteiger charge is -2.09. The van der Waals surface area contributed by atoms with Crippen molar-refractivity contribution < 1.29 is 27.4 Å². The predicted molar refractivity (Wildman–Crippen MR) is 52.7 cm³/mol. The maximum Gasteiger partial charge on any atom is 0.573 e. The van der Waals surface area contributed by atoms with E-state index in [0.29, 0.717) is 0 Å². The number of likely N-dealkylation sites (N-methyl/N-ethyl adjacent to an activating group) is 1. The highest BCUT2D eigenvalue weighted by Crippen LogP contribution is 2.24. The maximum atomic E-state index is 11.8. The highest BCUT2D eigenvalue weighted by molar-refractivity contribution is 5.77. The second kappa shape index (κ2) is 5.42. The van der Waals surface area contributed by atoms with Crippen molar-refractivity contribution >= 4 is 5.91 Å². The van der Waals surface area contributed by atoms with E-state index in [9.17, 15) is 18.0 Å². The fourth-order valence-corrected chi connectivity index (χ4v) is 0.959. The van der Waals surface area contributed by atoms with Gasteiger partial charge in [-0.05, 0) is 24.3 Å². The first-order chi connectivity index (χ1) is 7.90. The van der Waals surface area contributed by atoms with E-state index in [1.54, 1.807) is 0 Å². The van der Waals surface area contributed by atoms with Crippen LogP contribution in [0.3, 0.4) is 0 Å². The standard InChI is InChI=1S/C10H10F3NO3/c1-14-9(15)6-16-7-2-4-8(5-3-7)17-10(11,12)13/h2-5H,6H2,1H3,(H,14,15). The molecule has 0 aliphatic heterocycles. The van der Waals surface area contributed by atoms with E-state index in [1.807, 2.05) is 0 Å². The molecule has 0 fully saturated rings. The Balaban J connectivity index is 2.53. The number of amides is 1. The summed E-state index contributed by atoms with van der Waals surface area (Å²) in [6.07, 6.45) is -4.72. The molecule has 1 aromatic carbocycles. The van der Waals surface area contributed by atoms with Crippen LogP contribution < -0.4 is 14.8 Å². The van der Waals surface area contributed by atoms with E-state index in [2.05, 4.69) is 10.1 Å². The van der Waals surface area contributed by atoms with Gasteiger partial charge in [-0.3, -0.25) is 4.79 Å². The molecule has 0 aliphatic carbocycles. The van der Waals surface area contributed by atoms with E-state index in [0.717, 1.165) is 12.1 Å². The van der Waals surface area contributed by atoms with Gasteiger partial charge in [-0.25, -0.2) is 0 Å². The average Bonchev–Trinajstić information content (AvgIpc) is 2.25. The lowest BCUT2D eigenvalue weighted by atomic mass is 10.3. The fraction of sp³-hybridized carbons (Fsp3) is 0.300. The molecular formula is C10H10F3NO3. The summed E-state index contributed by atoms with van der Waals surface area (Å²) in [5.74, 6) is -0.395. The fourth-order valence-electron chi connectivity index (χ4n) is 0.959. The topological polar surface area (TPSA) is 47.6 Å². The first-order valence-corrected chi connectivity index (χ1v) is 4.60. The molecule has 0 spiro atoms. The molecule has 0 saturated carbocycles. The van der Waals surface area contributed by atoms with Crippen molar-refractivity contribution in [2.24, 2.45) is 0 Å². The van der Waals surface area contributed by atoms with Crippen LogP contribution >= 0.6 is 0 Å². The van der Waals surface area contributed by atoms with Crippen molar-refractivity contribution in [1.29, 1.82) is 0 Å². The molecule has 0 atom stereocenters. The largest absolute Gasteiger partial charge is 0.573 e. The summed E-state index contributed by atoms with van der Waals surface area (Å²) < 4.78 is 44.2. The zero-order chi connectivity index (χ0) is 12.9. The van der Waals surface area contributed by atoms with Gasteiger partial charge in [-0.2, -0.15) is 0 Å². The Hall–Kier alpha value is -1.92. The minimum absolute atomic E-state index is 0.198. The van der Waals surface area contributed by atoms with E-state index in [-0.39, 0.29) is 24.0 Å². The van der Waals surface area contributed by atoms with E-state index >= 15 is 0 Å². The number of rotatable bonds is 4. The number of halogens is 3. The maximum absolute atomic E-state index is 11.8. The Kier molecular flexibility index (Phi) is 4.19. The Bertz CT molecular complexity index is 375. The molecule has 94 valence electrons. The number of ether oxygens (including phenoxy) is 2. The zero-order valence-corrected chi connectivity index (χ0v) is 8.88. The molecule has 0 bridgehead atoms. The van der Waals surface area contributed by atoms with Crippen molar-refractivity contribution in [3.63, 3.8) is 0 Å². The van der Waals surface area contributed by atoms with Gasteiger partial charge in [-0.1, -0.05) is 0 Å². The number of benzene rings is 1. The summed E-state index contributed by atoms with van der Waals surface area (Å²) in [6.45, 7) is -0.198. The summed E-state index contributed by atoms with van der Waals surface area (Å²) in [6, 6.07) is 4.77. The second-order valence-electron chi connectivity index (χ2n) is 2.98. The van der Waals surface area contributed by atoms with Crippen LogP contribution in [0.5, 0.6) is 11.5 Å². The molecule has 1 aromatic rings. The third-order valence-corrected chi connectivity index (χ3v) is 1.71. The molecule has 0 radical (unpaired) electrons. The molecule has 0 aliphatic rings. The Morgan fingerprint density at radius 1 is 1.24 bits per heavy atom. The van der Waals surface area contributed by atoms with Crippen molar-refractivity contribution in [2.45, 2.75) is 6.36 Å². The Labute approximate surface area is 95.3 Å². The molecular weight excluding hydrogens is 239 g/mol. The minimum Gasteiger partial charge on any atom is -0.484 e. The molecule has 0 aromatic heterocycles. The normalized spacial score (nSPS) is 10.8. The number of hydrogen-bond acceptors (Lipinski definition) is 3. The van der Waals surface area contributed by atoms with Crippen LogP contribution in [-0.4, -0.2) is 25.9 Å². The molecule has 7 heteroatoms. The molecule has 1 rings (SSSR count). The predicted octanol–water partition coefficient (Wildman–Crippen LogP) is 1.71. The summed E-state index contributed by atoms with van der Waals surface area (Å²) in [7, 11) is 1.45. The average molecular weight is 249 g/mol. The van der Waals surface area contributed by atoms with Gasteiger partial charge >= 0.3 is 6.36 Å². The van der Waals surface area contributed by atoms with E-state index < -0.39 is 6.36 Å². The first kappa shape index (κ1) is 13.1. The SMILES string of the molecule is CNC(=O)COc1ccc(OC(F)(F)F)cc1. The van der Waals surface area contributed by atoms with Crippen LogP contribution in [-0.2, 0) is 4.79 Å². The van der Waals surface area contributed by atoms with Gasteiger partial charge in [0, 0.05) is 7.05 Å². The summed E-state index contributed by atoms with van der Waals surface area (Å²) in [5.41, 5.74) is 0. The third kappa shape index (κ3) is 5.10. The number of hydrogen-bond donors (Lipinski definition) is 1. The zero-order valence-electron chi connectivity index (χ0n) is 8.88. The number of carbonyl (C=O) groups excluding carboxylic acids is 1. The smallest absolute Gasteiger partial charge is 0.484 e. The Morgan fingerprint density at radius 2 is 1.76 bits per heavy atom. The highest BCUT2D eigenvalue weighted by Gasteiger charge is 2.30. The molecule has 17 heavy (non-hydrogen) atoms. The lowest BCUT2D eigenvalue weighted by molar-refractivity contribution is -0.274. The third-order valence-electron chi connectivity index (χ3n) is 1.71. The van der Waals surface area contributed by atoms with Crippen LogP contribution in [0.4, 0.5) is 13.2 Å². The van der Waals surface area contributed by atoms with Gasteiger partial charge in [0.05, 0.1) is 0 Å². The minimum atomic E-state index is -4.72. The van der Waals surface area contributed by atoms with Crippen LogP contribution in [0.2, 0.25) is 0 Å². The van der Waals surface area contributed by atoms with Crippen molar-refractivity contribution in [1.82, 2.24) is 5.32 Å².